The third-order valence-corrected chi connectivity index (χ3v) is 3.75. The second-order valence-corrected chi connectivity index (χ2v) is 5.10. The smallest absolute Gasteiger partial charge is 0.248 e. The highest BCUT2D eigenvalue weighted by molar-refractivity contribution is 5.95. The first-order valence-corrected chi connectivity index (χ1v) is 6.89. The first-order valence-electron chi connectivity index (χ1n) is 6.89. The van der Waals surface area contributed by atoms with Crippen molar-refractivity contribution >= 4 is 17.3 Å². The normalized spacial score (nSPS) is 13.7. The molecule has 2 heterocycles. The molecule has 0 spiro atoms. The summed E-state index contributed by atoms with van der Waals surface area (Å²) in [6.45, 7) is 4.94. The van der Waals surface area contributed by atoms with Gasteiger partial charge in [-0.2, -0.15) is 5.10 Å². The van der Waals surface area contributed by atoms with Crippen molar-refractivity contribution in [2.45, 2.75) is 20.4 Å². The van der Waals surface area contributed by atoms with E-state index in [4.69, 9.17) is 10.5 Å². The fourth-order valence-corrected chi connectivity index (χ4v) is 2.51. The molecular weight excluding hydrogens is 268 g/mol. The number of hydrogen-bond donors (Lipinski definition) is 1. The predicted octanol–water partition coefficient (Wildman–Crippen LogP) is 1.51. The summed E-state index contributed by atoms with van der Waals surface area (Å²) in [4.78, 5) is 14.3. The van der Waals surface area contributed by atoms with Crippen LogP contribution in [0.2, 0.25) is 0 Å². The lowest BCUT2D eigenvalue weighted by molar-refractivity contribution is -0.119. The van der Waals surface area contributed by atoms with E-state index in [2.05, 4.69) is 5.10 Å². The van der Waals surface area contributed by atoms with Crippen molar-refractivity contribution in [3.63, 3.8) is 0 Å². The average Bonchev–Trinajstić information content (AvgIpc) is 2.74. The fraction of sp³-hybridized carbons (Fsp3) is 0.333. The molecule has 0 unspecified atom stereocenters. The number of carbonyl (C=O) groups is 1. The number of fused-ring (bicyclic) bond motifs is 1. The summed E-state index contributed by atoms with van der Waals surface area (Å²) in [6, 6.07) is 7.56. The first kappa shape index (κ1) is 13.5. The number of aryl methyl sites for hydroxylation is 1. The molecule has 0 aliphatic carbocycles. The minimum absolute atomic E-state index is 0.0173. The van der Waals surface area contributed by atoms with Gasteiger partial charge in [-0.25, -0.2) is 0 Å². The van der Waals surface area contributed by atoms with Crippen LogP contribution in [0, 0.1) is 13.8 Å². The number of ether oxygens (including phenoxy) is 1. The summed E-state index contributed by atoms with van der Waals surface area (Å²) in [7, 11) is 0. The second kappa shape index (κ2) is 5.12. The van der Waals surface area contributed by atoms with Crippen LogP contribution in [0.1, 0.15) is 11.4 Å². The van der Waals surface area contributed by atoms with E-state index in [1.165, 1.54) is 0 Å². The van der Waals surface area contributed by atoms with Crippen LogP contribution in [0.15, 0.2) is 24.3 Å². The summed E-state index contributed by atoms with van der Waals surface area (Å²) >= 11 is 0. The van der Waals surface area contributed by atoms with E-state index in [0.29, 0.717) is 18.8 Å². The van der Waals surface area contributed by atoms with Crippen LogP contribution in [0.25, 0.3) is 0 Å². The minimum Gasteiger partial charge on any atom is -0.490 e. The molecule has 21 heavy (non-hydrogen) atoms. The summed E-state index contributed by atoms with van der Waals surface area (Å²) in [5.74, 6) is 0.723. The Morgan fingerprint density at radius 2 is 2.14 bits per heavy atom. The van der Waals surface area contributed by atoms with Gasteiger partial charge in [0, 0.05) is 0 Å². The van der Waals surface area contributed by atoms with Crippen LogP contribution in [0.3, 0.4) is 0 Å². The highest BCUT2D eigenvalue weighted by Gasteiger charge is 2.24. The van der Waals surface area contributed by atoms with Gasteiger partial charge in [0.05, 0.1) is 29.3 Å². The van der Waals surface area contributed by atoms with Gasteiger partial charge in [0.15, 0.2) is 0 Å². The molecule has 0 fully saturated rings. The van der Waals surface area contributed by atoms with Crippen LogP contribution in [0.5, 0.6) is 5.75 Å². The molecule has 6 nitrogen and oxygen atoms in total. The number of para-hydroxylation sites is 2. The number of nitrogen functional groups attached to an aromatic ring is 1. The van der Waals surface area contributed by atoms with Crippen LogP contribution in [-0.4, -0.2) is 28.8 Å². The van der Waals surface area contributed by atoms with Gasteiger partial charge in [-0.1, -0.05) is 12.1 Å². The Kier molecular flexibility index (Phi) is 3.29. The van der Waals surface area contributed by atoms with Gasteiger partial charge in [-0.3, -0.25) is 9.48 Å². The van der Waals surface area contributed by atoms with E-state index in [1.54, 1.807) is 9.58 Å². The van der Waals surface area contributed by atoms with Gasteiger partial charge in [0.1, 0.15) is 18.9 Å². The molecule has 1 aromatic carbocycles. The predicted molar refractivity (Wildman–Crippen MR) is 80.4 cm³/mol. The maximum absolute atomic E-state index is 12.6. The molecule has 1 aliphatic heterocycles. The molecular formula is C15H18N4O2. The standard InChI is InChI=1S/C15H18N4O2/c1-10-15(16)11(2)19(17-10)9-14(20)18-7-8-21-13-6-4-3-5-12(13)18/h3-6H,7-9,16H2,1-2H3. The molecule has 0 radical (unpaired) electrons. The Hall–Kier alpha value is -2.50. The van der Waals surface area contributed by atoms with Crippen LogP contribution in [0.4, 0.5) is 11.4 Å². The van der Waals surface area contributed by atoms with Crippen molar-refractivity contribution in [2.75, 3.05) is 23.8 Å². The zero-order valence-corrected chi connectivity index (χ0v) is 12.2. The van der Waals surface area contributed by atoms with E-state index in [1.807, 2.05) is 38.1 Å². The number of benzene rings is 1. The quantitative estimate of drug-likeness (QED) is 0.908. The Morgan fingerprint density at radius 1 is 1.38 bits per heavy atom. The molecule has 1 aliphatic rings. The monoisotopic (exact) mass is 286 g/mol. The number of aromatic nitrogens is 2. The molecule has 2 N–H and O–H groups in total. The topological polar surface area (TPSA) is 73.4 Å². The van der Waals surface area contributed by atoms with Crippen molar-refractivity contribution in [3.8, 4) is 5.75 Å². The summed E-state index contributed by atoms with van der Waals surface area (Å²) in [6.07, 6.45) is 0. The maximum atomic E-state index is 12.6. The summed E-state index contributed by atoms with van der Waals surface area (Å²) < 4.78 is 7.22. The van der Waals surface area contributed by atoms with Gasteiger partial charge in [-0.15, -0.1) is 0 Å². The first-order chi connectivity index (χ1) is 10.1. The molecule has 2 aromatic rings. The highest BCUT2D eigenvalue weighted by atomic mass is 16.5. The van der Waals surface area contributed by atoms with E-state index in [0.717, 1.165) is 22.8 Å². The van der Waals surface area contributed by atoms with Gasteiger partial charge >= 0.3 is 0 Å². The molecule has 6 heteroatoms. The van der Waals surface area contributed by atoms with Crippen LogP contribution < -0.4 is 15.4 Å². The van der Waals surface area contributed by atoms with Crippen molar-refractivity contribution < 1.29 is 9.53 Å². The molecule has 0 bridgehead atoms. The molecule has 0 saturated heterocycles. The Balaban J connectivity index is 1.85. The lowest BCUT2D eigenvalue weighted by Crippen LogP contribution is -2.40. The lowest BCUT2D eigenvalue weighted by atomic mass is 10.2. The average molecular weight is 286 g/mol. The molecule has 0 atom stereocenters. The van der Waals surface area contributed by atoms with Crippen molar-refractivity contribution in [2.24, 2.45) is 0 Å². The molecule has 1 aromatic heterocycles. The third-order valence-electron chi connectivity index (χ3n) is 3.75. The fourth-order valence-electron chi connectivity index (χ4n) is 2.51. The second-order valence-electron chi connectivity index (χ2n) is 5.10. The number of nitrogens with zero attached hydrogens (tertiary/aromatic N) is 3. The van der Waals surface area contributed by atoms with Gasteiger partial charge in [-0.05, 0) is 26.0 Å². The molecule has 1 amide bonds. The zero-order chi connectivity index (χ0) is 15.0. The SMILES string of the molecule is Cc1nn(CC(=O)N2CCOc3ccccc32)c(C)c1N. The van der Waals surface area contributed by atoms with Crippen LogP contribution >= 0.6 is 0 Å². The van der Waals surface area contributed by atoms with E-state index >= 15 is 0 Å². The Bertz CT molecular complexity index is 693. The van der Waals surface area contributed by atoms with E-state index in [-0.39, 0.29) is 12.5 Å². The minimum atomic E-state index is -0.0173. The number of nitrogens with two attached hydrogens (primary N) is 1. The largest absolute Gasteiger partial charge is 0.490 e. The van der Waals surface area contributed by atoms with Gasteiger partial charge in [0.25, 0.3) is 0 Å². The number of anilines is 2. The third kappa shape index (κ3) is 2.33. The van der Waals surface area contributed by atoms with Crippen molar-refractivity contribution in [1.82, 2.24) is 9.78 Å². The van der Waals surface area contributed by atoms with Crippen molar-refractivity contribution in [1.29, 1.82) is 0 Å². The Labute approximate surface area is 123 Å². The number of hydrogen-bond acceptors (Lipinski definition) is 4. The highest BCUT2D eigenvalue weighted by Crippen LogP contribution is 2.31. The number of rotatable bonds is 2. The summed E-state index contributed by atoms with van der Waals surface area (Å²) in [5.41, 5.74) is 8.93. The van der Waals surface area contributed by atoms with E-state index < -0.39 is 0 Å². The number of amides is 1. The van der Waals surface area contributed by atoms with Crippen molar-refractivity contribution in [3.05, 3.63) is 35.7 Å². The molecule has 0 saturated carbocycles. The zero-order valence-electron chi connectivity index (χ0n) is 12.2. The molecule has 3 rings (SSSR count). The maximum Gasteiger partial charge on any atom is 0.248 e. The van der Waals surface area contributed by atoms with Gasteiger partial charge < -0.3 is 15.4 Å². The Morgan fingerprint density at radius 3 is 2.86 bits per heavy atom. The molecule has 110 valence electrons. The van der Waals surface area contributed by atoms with Gasteiger partial charge in [0.2, 0.25) is 5.91 Å². The van der Waals surface area contributed by atoms with E-state index in [9.17, 15) is 4.79 Å². The van der Waals surface area contributed by atoms with Crippen LogP contribution in [-0.2, 0) is 11.3 Å². The summed E-state index contributed by atoms with van der Waals surface area (Å²) in [5, 5.41) is 4.31. The number of carbonyl (C=O) groups excluding carboxylic acids is 1. The lowest BCUT2D eigenvalue weighted by Gasteiger charge is -2.29.